The molecule has 3 fully saturated rings. The molecule has 37 heavy (non-hydrogen) atoms. The number of benzene rings is 1. The van der Waals surface area contributed by atoms with Gasteiger partial charge in [0.1, 0.15) is 35.5 Å². The summed E-state index contributed by atoms with van der Waals surface area (Å²) in [6.07, 6.45) is -1.63. The first kappa shape index (κ1) is 24.6. The van der Waals surface area contributed by atoms with Crippen molar-refractivity contribution in [2.24, 2.45) is 5.73 Å². The van der Waals surface area contributed by atoms with Gasteiger partial charge in [-0.25, -0.2) is 4.98 Å². The minimum atomic E-state index is -4.55. The number of nitrogens with two attached hydrogens (primary N) is 1. The maximum atomic E-state index is 13.0. The predicted molar refractivity (Wildman–Crippen MR) is 125 cm³/mol. The van der Waals surface area contributed by atoms with Crippen LogP contribution in [0.25, 0.3) is 0 Å². The third-order valence-corrected chi connectivity index (χ3v) is 6.98. The summed E-state index contributed by atoms with van der Waals surface area (Å²) < 4.78 is 45.1. The van der Waals surface area contributed by atoms with Crippen LogP contribution in [-0.4, -0.2) is 52.6 Å². The molecule has 0 aliphatic carbocycles. The standard InChI is InChI=1S/C24H24F3N7O3/c25-24(26,27)13-1-4-19(12(7-13)11-28)37-16-8-14-2-3-15(9-16)34(14)23-32-18(21(29)35)10-20(33-23)31-17-5-6-30-22(17)36/h1,4,7,10,14-17H,2-3,5-6,8-9H2,(H2,29,35)(H,30,36)(H,31,32,33)/t14-,15+,16?,17-/m0/s1. The van der Waals surface area contributed by atoms with E-state index < -0.39 is 23.7 Å². The third kappa shape index (κ3) is 4.96. The summed E-state index contributed by atoms with van der Waals surface area (Å²) in [5, 5.41) is 15.2. The third-order valence-electron chi connectivity index (χ3n) is 6.98. The number of hydrogen-bond acceptors (Lipinski definition) is 8. The van der Waals surface area contributed by atoms with Gasteiger partial charge in [0.05, 0.1) is 11.1 Å². The van der Waals surface area contributed by atoms with Crippen molar-refractivity contribution in [3.05, 3.63) is 41.1 Å². The van der Waals surface area contributed by atoms with Crippen molar-refractivity contribution in [1.82, 2.24) is 15.3 Å². The molecule has 10 nitrogen and oxygen atoms in total. The van der Waals surface area contributed by atoms with Crippen LogP contribution in [0.15, 0.2) is 24.3 Å². The maximum Gasteiger partial charge on any atom is 0.416 e. The Labute approximate surface area is 210 Å². The molecule has 1 unspecified atom stereocenters. The topological polar surface area (TPSA) is 146 Å². The number of alkyl halides is 3. The molecule has 0 spiro atoms. The predicted octanol–water partition coefficient (Wildman–Crippen LogP) is 2.35. The lowest BCUT2D eigenvalue weighted by Gasteiger charge is -2.39. The summed E-state index contributed by atoms with van der Waals surface area (Å²) >= 11 is 0. The first-order chi connectivity index (χ1) is 17.6. The quantitative estimate of drug-likeness (QED) is 0.531. The van der Waals surface area contributed by atoms with E-state index in [1.165, 1.54) is 12.1 Å². The molecule has 194 valence electrons. The highest BCUT2D eigenvalue weighted by Crippen LogP contribution is 2.40. The zero-order valence-electron chi connectivity index (χ0n) is 19.6. The van der Waals surface area contributed by atoms with Crippen molar-refractivity contribution in [3.63, 3.8) is 0 Å². The van der Waals surface area contributed by atoms with E-state index in [0.29, 0.717) is 37.6 Å². The SMILES string of the molecule is N#Cc1cc(C(F)(F)F)ccc1OC1C[C@H]2CC[C@@H](C1)N2c1nc(N[C@H]2CCNC2=O)cc(C(N)=O)n1. The van der Waals surface area contributed by atoms with Crippen LogP contribution in [0, 0.1) is 11.3 Å². The number of amides is 2. The second-order valence-corrected chi connectivity index (χ2v) is 9.40. The number of nitrogens with zero attached hydrogens (tertiary/aromatic N) is 4. The van der Waals surface area contributed by atoms with Crippen molar-refractivity contribution < 1.29 is 27.5 Å². The average molecular weight is 515 g/mol. The van der Waals surface area contributed by atoms with Crippen LogP contribution in [0.4, 0.5) is 24.9 Å². The number of rotatable bonds is 6. The molecule has 3 aliphatic rings. The lowest BCUT2D eigenvalue weighted by molar-refractivity contribution is -0.137. The van der Waals surface area contributed by atoms with Gasteiger partial charge in [-0.05, 0) is 37.5 Å². The molecule has 2 bridgehead atoms. The Morgan fingerprint density at radius 2 is 1.92 bits per heavy atom. The number of anilines is 2. The number of halogens is 3. The molecule has 4 N–H and O–H groups in total. The van der Waals surface area contributed by atoms with Crippen molar-refractivity contribution in [2.75, 3.05) is 16.8 Å². The Morgan fingerprint density at radius 3 is 2.51 bits per heavy atom. The van der Waals surface area contributed by atoms with Crippen LogP contribution in [0.3, 0.4) is 0 Å². The first-order valence-corrected chi connectivity index (χ1v) is 11.9. The van der Waals surface area contributed by atoms with E-state index in [1.807, 2.05) is 4.90 Å². The minimum absolute atomic E-state index is 0.0205. The molecule has 13 heteroatoms. The Morgan fingerprint density at radius 1 is 1.19 bits per heavy atom. The van der Waals surface area contributed by atoms with E-state index in [9.17, 15) is 28.0 Å². The summed E-state index contributed by atoms with van der Waals surface area (Å²) in [6, 6.07) is 5.53. The van der Waals surface area contributed by atoms with Crippen LogP contribution in [0.5, 0.6) is 5.75 Å². The van der Waals surface area contributed by atoms with E-state index >= 15 is 0 Å². The fourth-order valence-corrected chi connectivity index (χ4v) is 5.29. The number of nitriles is 1. The molecule has 4 atom stereocenters. The van der Waals surface area contributed by atoms with Gasteiger partial charge in [0, 0.05) is 37.5 Å². The Balaban J connectivity index is 1.35. The molecule has 2 aromatic rings. The highest BCUT2D eigenvalue weighted by molar-refractivity contribution is 5.92. The molecule has 3 saturated heterocycles. The monoisotopic (exact) mass is 515 g/mol. The number of carbonyl (C=O) groups excluding carboxylic acids is 2. The molecule has 5 rings (SSSR count). The van der Waals surface area contributed by atoms with E-state index in [2.05, 4.69) is 20.6 Å². The van der Waals surface area contributed by atoms with Crippen LogP contribution in [0.1, 0.15) is 53.7 Å². The number of hydrogen-bond donors (Lipinski definition) is 3. The zero-order chi connectivity index (χ0) is 26.3. The fourth-order valence-electron chi connectivity index (χ4n) is 5.29. The average Bonchev–Trinajstić information content (AvgIpc) is 3.37. The lowest BCUT2D eigenvalue weighted by atomic mass is 9.99. The summed E-state index contributed by atoms with van der Waals surface area (Å²) in [4.78, 5) is 34.9. The van der Waals surface area contributed by atoms with Crippen LogP contribution < -0.4 is 26.0 Å². The molecule has 1 aromatic carbocycles. The van der Waals surface area contributed by atoms with Crippen molar-refractivity contribution in [2.45, 2.75) is 62.5 Å². The summed E-state index contributed by atoms with van der Waals surface area (Å²) in [6.45, 7) is 0.543. The Hall–Kier alpha value is -4.08. The molecule has 0 radical (unpaired) electrons. The van der Waals surface area contributed by atoms with Crippen molar-refractivity contribution in [1.29, 1.82) is 5.26 Å². The fraction of sp³-hybridized carbons (Fsp3) is 0.458. The van der Waals surface area contributed by atoms with Gasteiger partial charge in [0.2, 0.25) is 11.9 Å². The molecule has 0 saturated carbocycles. The zero-order valence-corrected chi connectivity index (χ0v) is 19.6. The number of carbonyl (C=O) groups is 2. The van der Waals surface area contributed by atoms with Crippen molar-refractivity contribution in [3.8, 4) is 11.8 Å². The normalized spacial score (nSPS) is 24.9. The van der Waals surface area contributed by atoms with Crippen LogP contribution in [0.2, 0.25) is 0 Å². The minimum Gasteiger partial charge on any atom is -0.489 e. The Bertz CT molecular complexity index is 1270. The van der Waals surface area contributed by atoms with Crippen molar-refractivity contribution >= 4 is 23.6 Å². The second-order valence-electron chi connectivity index (χ2n) is 9.40. The number of aromatic nitrogens is 2. The van der Waals surface area contributed by atoms with Crippen LogP contribution in [-0.2, 0) is 11.0 Å². The highest BCUT2D eigenvalue weighted by atomic mass is 19.4. The van der Waals surface area contributed by atoms with Crippen LogP contribution >= 0.6 is 0 Å². The van der Waals surface area contributed by atoms with Gasteiger partial charge in [-0.2, -0.15) is 23.4 Å². The molecule has 4 heterocycles. The van der Waals surface area contributed by atoms with E-state index in [1.54, 1.807) is 6.07 Å². The lowest BCUT2D eigenvalue weighted by Crippen LogP contribution is -2.47. The number of fused-ring (bicyclic) bond motifs is 2. The van der Waals surface area contributed by atoms with Gasteiger partial charge in [-0.3, -0.25) is 9.59 Å². The largest absolute Gasteiger partial charge is 0.489 e. The second kappa shape index (κ2) is 9.42. The molecular weight excluding hydrogens is 491 g/mol. The number of nitrogens with one attached hydrogen (secondary N) is 2. The number of ether oxygens (including phenoxy) is 1. The van der Waals surface area contributed by atoms with Gasteiger partial charge in [0.25, 0.3) is 5.91 Å². The summed E-state index contributed by atoms with van der Waals surface area (Å²) in [5.74, 6) is -0.127. The van der Waals surface area contributed by atoms with E-state index in [0.717, 1.165) is 25.0 Å². The van der Waals surface area contributed by atoms with Gasteiger partial charge in [0.15, 0.2) is 0 Å². The molecule has 2 amide bonds. The van der Waals surface area contributed by atoms with Gasteiger partial charge in [-0.15, -0.1) is 0 Å². The summed E-state index contributed by atoms with van der Waals surface area (Å²) in [5.41, 5.74) is 4.45. The van der Waals surface area contributed by atoms with E-state index in [-0.39, 0.29) is 41.1 Å². The van der Waals surface area contributed by atoms with Gasteiger partial charge in [-0.1, -0.05) is 0 Å². The molecule has 3 aliphatic heterocycles. The Kier molecular flexibility index (Phi) is 6.26. The summed E-state index contributed by atoms with van der Waals surface area (Å²) in [7, 11) is 0. The maximum absolute atomic E-state index is 13.0. The molecule has 1 aromatic heterocycles. The number of primary amides is 1. The van der Waals surface area contributed by atoms with Gasteiger partial charge < -0.3 is 26.0 Å². The first-order valence-electron chi connectivity index (χ1n) is 11.9. The highest BCUT2D eigenvalue weighted by Gasteiger charge is 2.43. The smallest absolute Gasteiger partial charge is 0.416 e. The van der Waals surface area contributed by atoms with E-state index in [4.69, 9.17) is 10.5 Å². The molecular formula is C24H24F3N7O3. The van der Waals surface area contributed by atoms with Gasteiger partial charge >= 0.3 is 6.18 Å². The number of piperidine rings is 1.